The Kier molecular flexibility index (Phi) is 3.88. The Morgan fingerprint density at radius 1 is 1.19 bits per heavy atom. The Bertz CT molecular complexity index is 1350. The molecule has 6 heterocycles. The molecule has 0 aliphatic carbocycles. The maximum Gasteiger partial charge on any atom is 0.312 e. The molecular formula is C21H16N8O2. The molecule has 0 spiro atoms. The summed E-state index contributed by atoms with van der Waals surface area (Å²) in [6.45, 7) is 0.469. The topological polar surface area (TPSA) is 118 Å². The molecule has 5 aromatic rings. The number of nitrogens with one attached hydrogen (secondary N) is 1. The van der Waals surface area contributed by atoms with E-state index < -0.39 is 6.04 Å². The molecule has 0 saturated carbocycles. The lowest BCUT2D eigenvalue weighted by atomic mass is 9.99. The monoisotopic (exact) mass is 412 g/mol. The third kappa shape index (κ3) is 2.88. The zero-order valence-corrected chi connectivity index (χ0v) is 16.2. The summed E-state index contributed by atoms with van der Waals surface area (Å²) in [5.74, 6) is -0.192. The van der Waals surface area contributed by atoms with Crippen LogP contribution in [0.1, 0.15) is 33.8 Å². The van der Waals surface area contributed by atoms with Gasteiger partial charge in [0, 0.05) is 37.3 Å². The molecule has 31 heavy (non-hydrogen) atoms. The van der Waals surface area contributed by atoms with Crippen LogP contribution in [-0.2, 0) is 6.42 Å². The normalized spacial score (nSPS) is 15.9. The highest BCUT2D eigenvalue weighted by Crippen LogP contribution is 2.34. The van der Waals surface area contributed by atoms with Crippen molar-refractivity contribution in [3.63, 3.8) is 0 Å². The molecule has 0 radical (unpaired) electrons. The maximum atomic E-state index is 13.4. The summed E-state index contributed by atoms with van der Waals surface area (Å²) in [6, 6.07) is 10.9. The Hall–Kier alpha value is -4.34. The lowest BCUT2D eigenvalue weighted by molar-refractivity contribution is 0.0646. The largest absolute Gasteiger partial charge is 0.412 e. The number of hydrogen-bond acceptors (Lipinski definition) is 7. The van der Waals surface area contributed by atoms with Gasteiger partial charge >= 0.3 is 11.8 Å². The average Bonchev–Trinajstić information content (AvgIpc) is 3.57. The van der Waals surface area contributed by atoms with Crippen LogP contribution in [-0.4, -0.2) is 52.1 Å². The zero-order valence-electron chi connectivity index (χ0n) is 16.2. The van der Waals surface area contributed by atoms with Crippen LogP contribution in [0.15, 0.2) is 65.7 Å². The minimum Gasteiger partial charge on any atom is -0.412 e. The summed E-state index contributed by atoms with van der Waals surface area (Å²) in [5.41, 5.74) is 4.07. The van der Waals surface area contributed by atoms with Gasteiger partial charge in [-0.1, -0.05) is 6.07 Å². The van der Waals surface area contributed by atoms with Crippen molar-refractivity contribution in [1.82, 2.24) is 39.7 Å². The Labute approximate surface area is 175 Å². The van der Waals surface area contributed by atoms with Crippen LogP contribution < -0.4 is 0 Å². The van der Waals surface area contributed by atoms with E-state index >= 15 is 0 Å². The fraction of sp³-hybridized carbons (Fsp3) is 0.143. The first-order chi connectivity index (χ1) is 15.3. The van der Waals surface area contributed by atoms with E-state index in [4.69, 9.17) is 4.42 Å². The quantitative estimate of drug-likeness (QED) is 0.483. The van der Waals surface area contributed by atoms with Gasteiger partial charge in [-0.25, -0.2) is 9.50 Å². The summed E-state index contributed by atoms with van der Waals surface area (Å²) in [7, 11) is 0. The highest BCUT2D eigenvalue weighted by Gasteiger charge is 2.38. The average molecular weight is 412 g/mol. The number of aromatic amines is 1. The van der Waals surface area contributed by atoms with E-state index in [0.29, 0.717) is 18.5 Å². The molecule has 1 aliphatic rings. The molecule has 0 unspecified atom stereocenters. The van der Waals surface area contributed by atoms with Gasteiger partial charge in [-0.15, -0.1) is 10.2 Å². The number of aromatic nitrogens is 7. The van der Waals surface area contributed by atoms with Crippen molar-refractivity contribution in [2.45, 2.75) is 12.5 Å². The van der Waals surface area contributed by atoms with E-state index in [2.05, 4.69) is 30.2 Å². The minimum atomic E-state index is -0.462. The summed E-state index contributed by atoms with van der Waals surface area (Å²) >= 11 is 0. The fourth-order valence-electron chi connectivity index (χ4n) is 3.92. The standard InChI is InChI=1S/C21H16N8O2/c30-21(20-26-25-19(31-20)13-4-3-7-22-11-13)28-9-6-15-17(24-12-23-15)18(28)16-10-14-5-1-2-8-29(14)27-16/h1-5,7-8,10-12,18H,6,9H2,(H,23,24)/t18-/m0/s1. The van der Waals surface area contributed by atoms with Crippen molar-refractivity contribution in [2.24, 2.45) is 0 Å². The van der Waals surface area contributed by atoms with Crippen molar-refractivity contribution in [2.75, 3.05) is 6.54 Å². The van der Waals surface area contributed by atoms with Crippen LogP contribution in [0.25, 0.3) is 17.0 Å². The highest BCUT2D eigenvalue weighted by molar-refractivity contribution is 5.90. The van der Waals surface area contributed by atoms with Crippen LogP contribution in [0.4, 0.5) is 0 Å². The van der Waals surface area contributed by atoms with Crippen LogP contribution in [0.5, 0.6) is 0 Å². The molecule has 10 nitrogen and oxygen atoms in total. The molecule has 1 N–H and O–H groups in total. The van der Waals surface area contributed by atoms with Crippen molar-refractivity contribution in [3.05, 3.63) is 84.3 Å². The molecule has 0 bridgehead atoms. The number of H-pyrrole nitrogens is 1. The van der Waals surface area contributed by atoms with Gasteiger partial charge in [0.25, 0.3) is 0 Å². The van der Waals surface area contributed by atoms with Crippen LogP contribution in [0, 0.1) is 0 Å². The van der Waals surface area contributed by atoms with Crippen molar-refractivity contribution < 1.29 is 9.21 Å². The molecule has 6 rings (SSSR count). The zero-order chi connectivity index (χ0) is 20.8. The summed E-state index contributed by atoms with van der Waals surface area (Å²) < 4.78 is 7.47. The number of carbonyl (C=O) groups is 1. The van der Waals surface area contributed by atoms with E-state index in [1.165, 1.54) is 0 Å². The molecular weight excluding hydrogens is 396 g/mol. The van der Waals surface area contributed by atoms with Gasteiger partial charge in [-0.3, -0.25) is 9.78 Å². The van der Waals surface area contributed by atoms with Crippen LogP contribution in [0.2, 0.25) is 0 Å². The summed E-state index contributed by atoms with van der Waals surface area (Å²) in [5, 5.41) is 12.7. The number of hydrogen-bond donors (Lipinski definition) is 1. The number of fused-ring (bicyclic) bond motifs is 2. The van der Waals surface area contributed by atoms with Crippen LogP contribution in [0.3, 0.4) is 0 Å². The predicted molar refractivity (Wildman–Crippen MR) is 108 cm³/mol. The lowest BCUT2D eigenvalue weighted by Crippen LogP contribution is -2.41. The summed E-state index contributed by atoms with van der Waals surface area (Å²) in [4.78, 5) is 26.8. The molecule has 0 saturated heterocycles. The number of rotatable bonds is 3. The first kappa shape index (κ1) is 17.5. The van der Waals surface area contributed by atoms with E-state index in [1.54, 1.807) is 40.3 Å². The molecule has 152 valence electrons. The minimum absolute atomic E-state index is 0.0772. The first-order valence-electron chi connectivity index (χ1n) is 9.79. The molecule has 1 aliphatic heterocycles. The molecule has 0 fully saturated rings. The van der Waals surface area contributed by atoms with Gasteiger partial charge in [0.1, 0.15) is 6.04 Å². The smallest absolute Gasteiger partial charge is 0.312 e. The van der Waals surface area contributed by atoms with Gasteiger partial charge < -0.3 is 14.3 Å². The number of carbonyl (C=O) groups excluding carboxylic acids is 1. The van der Waals surface area contributed by atoms with Gasteiger partial charge in [0.05, 0.1) is 28.8 Å². The number of nitrogens with zero attached hydrogens (tertiary/aromatic N) is 7. The van der Waals surface area contributed by atoms with Gasteiger partial charge in [0.2, 0.25) is 5.89 Å². The van der Waals surface area contributed by atoms with Crippen molar-refractivity contribution in [3.8, 4) is 11.5 Å². The second kappa shape index (κ2) is 6.87. The third-order valence-corrected chi connectivity index (χ3v) is 5.37. The highest BCUT2D eigenvalue weighted by atomic mass is 16.4. The molecule has 1 amide bonds. The van der Waals surface area contributed by atoms with Crippen molar-refractivity contribution in [1.29, 1.82) is 0 Å². The summed E-state index contributed by atoms with van der Waals surface area (Å²) in [6.07, 6.45) is 7.43. The number of amides is 1. The van der Waals surface area contributed by atoms with Gasteiger partial charge in [-0.05, 0) is 30.3 Å². The van der Waals surface area contributed by atoms with E-state index in [9.17, 15) is 4.79 Å². The second-order valence-electron chi connectivity index (χ2n) is 7.21. The Morgan fingerprint density at radius 3 is 3.03 bits per heavy atom. The fourth-order valence-corrected chi connectivity index (χ4v) is 3.92. The molecule has 5 aromatic heterocycles. The number of pyridine rings is 2. The second-order valence-corrected chi connectivity index (χ2v) is 7.21. The van der Waals surface area contributed by atoms with Crippen LogP contribution >= 0.6 is 0 Å². The Balaban J connectivity index is 1.40. The third-order valence-electron chi connectivity index (χ3n) is 5.37. The van der Waals surface area contributed by atoms with Gasteiger partial charge in [0.15, 0.2) is 0 Å². The number of imidazole rings is 1. The van der Waals surface area contributed by atoms with E-state index in [0.717, 1.165) is 22.6 Å². The molecule has 10 heteroatoms. The maximum absolute atomic E-state index is 13.4. The first-order valence-corrected chi connectivity index (χ1v) is 9.79. The SMILES string of the molecule is O=C(c1nnc(-c2cccnc2)o1)N1CCc2[nH]cnc2[C@@H]1c1cc2ccccn2n1. The van der Waals surface area contributed by atoms with E-state index in [-0.39, 0.29) is 17.7 Å². The van der Waals surface area contributed by atoms with Gasteiger partial charge in [-0.2, -0.15) is 5.10 Å². The molecule has 1 atom stereocenters. The van der Waals surface area contributed by atoms with Crippen molar-refractivity contribution >= 4 is 11.4 Å². The lowest BCUT2D eigenvalue weighted by Gasteiger charge is -2.32. The Morgan fingerprint density at radius 2 is 2.16 bits per heavy atom. The predicted octanol–water partition coefficient (Wildman–Crippen LogP) is 2.29. The molecule has 0 aromatic carbocycles. The van der Waals surface area contributed by atoms with E-state index in [1.807, 2.05) is 30.5 Å².